The zero-order valence-electron chi connectivity index (χ0n) is 9.13. The SMILES string of the molecule is O=C1CCC(CCC2CCCCC2)C1. The number of hydrogen-bond acceptors (Lipinski definition) is 1. The molecule has 0 amide bonds. The molecular weight excluding hydrogens is 172 g/mol. The number of ketones is 1. The van der Waals surface area contributed by atoms with Crippen molar-refractivity contribution in [1.29, 1.82) is 0 Å². The molecule has 2 fully saturated rings. The fraction of sp³-hybridized carbons (Fsp3) is 0.923. The molecule has 1 unspecified atom stereocenters. The van der Waals surface area contributed by atoms with Crippen molar-refractivity contribution >= 4 is 5.78 Å². The number of Topliss-reactive ketones (excluding diaryl/α,β-unsaturated/α-hetero) is 1. The van der Waals surface area contributed by atoms with E-state index in [9.17, 15) is 4.79 Å². The molecule has 1 atom stereocenters. The Bertz CT molecular complexity index is 191. The van der Waals surface area contributed by atoms with E-state index in [1.54, 1.807) is 0 Å². The van der Waals surface area contributed by atoms with Crippen molar-refractivity contribution in [3.63, 3.8) is 0 Å². The van der Waals surface area contributed by atoms with Gasteiger partial charge in [-0.05, 0) is 24.7 Å². The molecule has 0 bridgehead atoms. The third-order valence-corrected chi connectivity index (χ3v) is 4.06. The first kappa shape index (κ1) is 10.2. The molecule has 14 heavy (non-hydrogen) atoms. The van der Waals surface area contributed by atoms with Gasteiger partial charge in [0.05, 0.1) is 0 Å². The van der Waals surface area contributed by atoms with Crippen LogP contribution in [0.25, 0.3) is 0 Å². The predicted octanol–water partition coefficient (Wildman–Crippen LogP) is 3.72. The lowest BCUT2D eigenvalue weighted by Crippen LogP contribution is -2.08. The fourth-order valence-corrected chi connectivity index (χ4v) is 3.08. The van der Waals surface area contributed by atoms with Crippen LogP contribution in [0, 0.1) is 11.8 Å². The van der Waals surface area contributed by atoms with Crippen molar-refractivity contribution in [3.05, 3.63) is 0 Å². The van der Waals surface area contributed by atoms with Crippen LogP contribution < -0.4 is 0 Å². The average molecular weight is 194 g/mol. The summed E-state index contributed by atoms with van der Waals surface area (Å²) in [4.78, 5) is 11.1. The third-order valence-electron chi connectivity index (χ3n) is 4.06. The molecule has 0 saturated heterocycles. The summed E-state index contributed by atoms with van der Waals surface area (Å²) in [6.45, 7) is 0. The third kappa shape index (κ3) is 2.83. The number of carbonyl (C=O) groups excluding carboxylic acids is 1. The molecule has 2 aliphatic rings. The van der Waals surface area contributed by atoms with Gasteiger partial charge in [0.1, 0.15) is 5.78 Å². The van der Waals surface area contributed by atoms with Gasteiger partial charge in [0.15, 0.2) is 0 Å². The first-order valence-electron chi connectivity index (χ1n) is 6.36. The van der Waals surface area contributed by atoms with Gasteiger partial charge in [-0.1, -0.05) is 38.5 Å². The van der Waals surface area contributed by atoms with Crippen LogP contribution in [0.2, 0.25) is 0 Å². The molecule has 0 aliphatic heterocycles. The summed E-state index contributed by atoms with van der Waals surface area (Å²) in [6, 6.07) is 0. The smallest absolute Gasteiger partial charge is 0.133 e. The zero-order chi connectivity index (χ0) is 9.80. The second-order valence-corrected chi connectivity index (χ2v) is 5.23. The van der Waals surface area contributed by atoms with Crippen LogP contribution in [-0.2, 0) is 4.79 Å². The van der Waals surface area contributed by atoms with E-state index >= 15 is 0 Å². The predicted molar refractivity (Wildman–Crippen MR) is 58.2 cm³/mol. The van der Waals surface area contributed by atoms with Crippen LogP contribution in [0.4, 0.5) is 0 Å². The second kappa shape index (κ2) is 4.95. The molecule has 2 saturated carbocycles. The Morgan fingerprint density at radius 3 is 2.29 bits per heavy atom. The van der Waals surface area contributed by atoms with Crippen molar-refractivity contribution in [2.24, 2.45) is 11.8 Å². The zero-order valence-corrected chi connectivity index (χ0v) is 9.13. The molecule has 80 valence electrons. The minimum Gasteiger partial charge on any atom is -0.300 e. The maximum Gasteiger partial charge on any atom is 0.133 e. The molecule has 2 rings (SSSR count). The first-order valence-corrected chi connectivity index (χ1v) is 6.36. The Morgan fingerprint density at radius 2 is 1.64 bits per heavy atom. The van der Waals surface area contributed by atoms with E-state index < -0.39 is 0 Å². The molecule has 0 aromatic rings. The van der Waals surface area contributed by atoms with Gasteiger partial charge in [-0.15, -0.1) is 0 Å². The summed E-state index contributed by atoms with van der Waals surface area (Å²) in [6.07, 6.45) is 13.0. The van der Waals surface area contributed by atoms with E-state index in [4.69, 9.17) is 0 Å². The highest BCUT2D eigenvalue weighted by molar-refractivity contribution is 5.80. The summed E-state index contributed by atoms with van der Waals surface area (Å²) in [5.74, 6) is 2.27. The molecule has 0 radical (unpaired) electrons. The number of carbonyl (C=O) groups is 1. The van der Waals surface area contributed by atoms with Crippen molar-refractivity contribution in [2.45, 2.75) is 64.2 Å². The lowest BCUT2D eigenvalue weighted by atomic mass is 9.84. The van der Waals surface area contributed by atoms with Crippen LogP contribution in [-0.4, -0.2) is 5.78 Å². The van der Waals surface area contributed by atoms with Gasteiger partial charge in [0.2, 0.25) is 0 Å². The quantitative estimate of drug-likeness (QED) is 0.669. The molecule has 0 heterocycles. The Kier molecular flexibility index (Phi) is 3.61. The van der Waals surface area contributed by atoms with Crippen LogP contribution in [0.15, 0.2) is 0 Å². The lowest BCUT2D eigenvalue weighted by molar-refractivity contribution is -0.117. The highest BCUT2D eigenvalue weighted by Gasteiger charge is 2.23. The van der Waals surface area contributed by atoms with Crippen LogP contribution in [0.5, 0.6) is 0 Å². The maximum absolute atomic E-state index is 11.1. The van der Waals surface area contributed by atoms with Crippen molar-refractivity contribution in [3.8, 4) is 0 Å². The van der Waals surface area contributed by atoms with Crippen molar-refractivity contribution in [1.82, 2.24) is 0 Å². The monoisotopic (exact) mass is 194 g/mol. The van der Waals surface area contributed by atoms with Crippen molar-refractivity contribution < 1.29 is 4.79 Å². The van der Waals surface area contributed by atoms with E-state index in [0.29, 0.717) is 5.78 Å². The second-order valence-electron chi connectivity index (χ2n) is 5.23. The Labute approximate surface area is 87.3 Å². The standard InChI is InChI=1S/C13H22O/c14-13-9-8-12(10-13)7-6-11-4-2-1-3-5-11/h11-12H,1-10H2. The highest BCUT2D eigenvalue weighted by Crippen LogP contribution is 2.32. The molecule has 0 aromatic heterocycles. The topological polar surface area (TPSA) is 17.1 Å². The highest BCUT2D eigenvalue weighted by atomic mass is 16.1. The van der Waals surface area contributed by atoms with E-state index in [1.807, 2.05) is 0 Å². The normalized spacial score (nSPS) is 29.7. The molecule has 1 heteroatoms. The van der Waals surface area contributed by atoms with E-state index in [2.05, 4.69) is 0 Å². The number of hydrogen-bond donors (Lipinski definition) is 0. The van der Waals surface area contributed by atoms with E-state index in [0.717, 1.165) is 24.7 Å². The molecule has 2 aliphatic carbocycles. The van der Waals surface area contributed by atoms with Crippen LogP contribution >= 0.6 is 0 Å². The molecule has 0 spiro atoms. The van der Waals surface area contributed by atoms with Gasteiger partial charge in [-0.25, -0.2) is 0 Å². The van der Waals surface area contributed by atoms with Crippen LogP contribution in [0.1, 0.15) is 64.2 Å². The van der Waals surface area contributed by atoms with Gasteiger partial charge < -0.3 is 0 Å². The summed E-state index contributed by atoms with van der Waals surface area (Å²) < 4.78 is 0. The molecule has 0 aromatic carbocycles. The maximum atomic E-state index is 11.1. The van der Waals surface area contributed by atoms with Gasteiger partial charge in [0.25, 0.3) is 0 Å². The minimum atomic E-state index is 0.513. The summed E-state index contributed by atoms with van der Waals surface area (Å²) in [5.41, 5.74) is 0. The Hall–Kier alpha value is -0.330. The number of rotatable bonds is 3. The molecule has 1 nitrogen and oxygen atoms in total. The summed E-state index contributed by atoms with van der Waals surface area (Å²) in [7, 11) is 0. The minimum absolute atomic E-state index is 0.513. The fourth-order valence-electron chi connectivity index (χ4n) is 3.08. The largest absolute Gasteiger partial charge is 0.300 e. The van der Waals surface area contributed by atoms with Crippen molar-refractivity contribution in [2.75, 3.05) is 0 Å². The summed E-state index contributed by atoms with van der Waals surface area (Å²) in [5, 5.41) is 0. The summed E-state index contributed by atoms with van der Waals surface area (Å²) >= 11 is 0. The molecular formula is C13H22O. The Morgan fingerprint density at radius 1 is 0.929 bits per heavy atom. The molecule has 0 N–H and O–H groups in total. The first-order chi connectivity index (χ1) is 6.84. The van der Waals surface area contributed by atoms with Gasteiger partial charge in [0, 0.05) is 12.8 Å². The van der Waals surface area contributed by atoms with E-state index in [1.165, 1.54) is 51.4 Å². The Balaban J connectivity index is 1.63. The van der Waals surface area contributed by atoms with Gasteiger partial charge in [-0.2, -0.15) is 0 Å². The van der Waals surface area contributed by atoms with Gasteiger partial charge >= 0.3 is 0 Å². The van der Waals surface area contributed by atoms with Crippen LogP contribution in [0.3, 0.4) is 0 Å². The van der Waals surface area contributed by atoms with Gasteiger partial charge in [-0.3, -0.25) is 4.79 Å². The van der Waals surface area contributed by atoms with E-state index in [-0.39, 0.29) is 0 Å². The average Bonchev–Trinajstić information content (AvgIpc) is 2.63. The lowest BCUT2D eigenvalue weighted by Gasteiger charge is -2.22.